The first-order valence-corrected chi connectivity index (χ1v) is 17.8. The van der Waals surface area contributed by atoms with Crippen LogP contribution in [-0.2, 0) is 0 Å². The molecule has 0 bridgehead atoms. The maximum Gasteiger partial charge on any atom is 0.144 e. The minimum atomic E-state index is 0.868. The fourth-order valence-electron chi connectivity index (χ4n) is 8.39. The van der Waals surface area contributed by atoms with Crippen molar-refractivity contribution in [1.82, 2.24) is 0 Å². The van der Waals surface area contributed by atoms with Gasteiger partial charge in [-0.25, -0.2) is 0 Å². The van der Waals surface area contributed by atoms with E-state index in [1.54, 1.807) is 0 Å². The Morgan fingerprint density at radius 1 is 0.250 bits per heavy atom. The first kappa shape index (κ1) is 28.9. The minimum absolute atomic E-state index is 0.868. The van der Waals surface area contributed by atoms with Crippen molar-refractivity contribution in [1.29, 1.82) is 0 Å². The number of benzene rings is 9. The van der Waals surface area contributed by atoms with E-state index in [-0.39, 0.29) is 0 Å². The molecule has 0 atom stereocenters. The molecule has 0 amide bonds. The van der Waals surface area contributed by atoms with E-state index in [9.17, 15) is 0 Å². The van der Waals surface area contributed by atoms with Gasteiger partial charge in [-0.2, -0.15) is 0 Å². The third-order valence-electron chi connectivity index (χ3n) is 10.7. The van der Waals surface area contributed by atoms with E-state index >= 15 is 0 Å². The van der Waals surface area contributed by atoms with Crippen molar-refractivity contribution >= 4 is 65.0 Å². The van der Waals surface area contributed by atoms with Crippen LogP contribution in [-0.4, -0.2) is 0 Å². The molecule has 2 heteroatoms. The van der Waals surface area contributed by atoms with Gasteiger partial charge >= 0.3 is 0 Å². The van der Waals surface area contributed by atoms with Crippen LogP contribution in [0.3, 0.4) is 0 Å². The molecule has 0 aliphatic rings. The lowest BCUT2D eigenvalue weighted by Crippen LogP contribution is -1.93. The Morgan fingerprint density at radius 2 is 0.673 bits per heavy atom. The van der Waals surface area contributed by atoms with Crippen molar-refractivity contribution in [3.8, 4) is 44.9 Å². The van der Waals surface area contributed by atoms with Gasteiger partial charge in [0.15, 0.2) is 0 Å². The van der Waals surface area contributed by atoms with E-state index in [0.29, 0.717) is 0 Å². The second kappa shape index (κ2) is 11.3. The van der Waals surface area contributed by atoms with Crippen LogP contribution in [0.4, 0.5) is 0 Å². The summed E-state index contributed by atoms with van der Waals surface area (Å²) in [6.07, 6.45) is 0. The predicted octanol–water partition coefficient (Wildman–Crippen LogP) is 14.5. The summed E-state index contributed by atoms with van der Waals surface area (Å²) in [6.45, 7) is 0. The maximum atomic E-state index is 7.02. The van der Waals surface area contributed by atoms with Gasteiger partial charge in [-0.3, -0.25) is 0 Å². The minimum Gasteiger partial charge on any atom is -0.455 e. The molecule has 0 saturated heterocycles. The van der Waals surface area contributed by atoms with Crippen LogP contribution in [0.1, 0.15) is 0 Å². The van der Waals surface area contributed by atoms with Crippen molar-refractivity contribution in [2.24, 2.45) is 0 Å². The van der Waals surface area contributed by atoms with Gasteiger partial charge in [0.25, 0.3) is 0 Å². The summed E-state index contributed by atoms with van der Waals surface area (Å²) in [5.74, 6) is 1.74. The molecule has 2 nitrogen and oxygen atoms in total. The van der Waals surface area contributed by atoms with Crippen LogP contribution >= 0.6 is 0 Å². The van der Waals surface area contributed by atoms with Gasteiger partial charge in [0.1, 0.15) is 22.7 Å². The molecule has 0 aliphatic carbocycles. The summed E-state index contributed by atoms with van der Waals surface area (Å²) in [5, 5.41) is 11.5. The van der Waals surface area contributed by atoms with Crippen molar-refractivity contribution in [3.05, 3.63) is 182 Å². The molecule has 0 fully saturated rings. The molecule has 2 aromatic heterocycles. The second-order valence-corrected chi connectivity index (χ2v) is 13.5. The van der Waals surface area contributed by atoms with Crippen LogP contribution in [0, 0.1) is 0 Å². The Kier molecular flexibility index (Phi) is 6.28. The van der Waals surface area contributed by atoms with Crippen molar-refractivity contribution in [3.63, 3.8) is 0 Å². The molecule has 242 valence electrons. The number of fused-ring (bicyclic) bond motifs is 7. The molecule has 0 N–H and O–H groups in total. The van der Waals surface area contributed by atoms with E-state index in [4.69, 9.17) is 8.83 Å². The summed E-state index contributed by atoms with van der Waals surface area (Å²) >= 11 is 0. The van der Waals surface area contributed by atoms with Gasteiger partial charge in [-0.05, 0) is 78.5 Å². The lowest BCUT2D eigenvalue weighted by Gasteiger charge is -2.18. The quantitative estimate of drug-likeness (QED) is 0.138. The summed E-state index contributed by atoms with van der Waals surface area (Å²) in [4.78, 5) is 0. The lowest BCUT2D eigenvalue weighted by molar-refractivity contribution is 0.632. The van der Waals surface area contributed by atoms with E-state index < -0.39 is 0 Å². The Labute approximate surface area is 299 Å². The smallest absolute Gasteiger partial charge is 0.144 e. The first-order valence-electron chi connectivity index (χ1n) is 17.8. The van der Waals surface area contributed by atoms with Crippen molar-refractivity contribution in [2.75, 3.05) is 0 Å². The van der Waals surface area contributed by atoms with Crippen LogP contribution in [0.5, 0.6) is 0 Å². The zero-order valence-electron chi connectivity index (χ0n) is 28.1. The number of hydrogen-bond donors (Lipinski definition) is 0. The zero-order valence-corrected chi connectivity index (χ0v) is 28.1. The predicted molar refractivity (Wildman–Crippen MR) is 218 cm³/mol. The Morgan fingerprint density at radius 3 is 1.23 bits per heavy atom. The monoisotopic (exact) mass is 662 g/mol. The average molecular weight is 663 g/mol. The Hall–Kier alpha value is -6.90. The zero-order chi connectivity index (χ0) is 34.2. The lowest BCUT2D eigenvalue weighted by atomic mass is 9.84. The van der Waals surface area contributed by atoms with Gasteiger partial charge < -0.3 is 8.83 Å². The van der Waals surface area contributed by atoms with Gasteiger partial charge in [0.2, 0.25) is 0 Å². The van der Waals surface area contributed by atoms with E-state index in [1.165, 1.54) is 21.5 Å². The fourth-order valence-corrected chi connectivity index (χ4v) is 8.39. The number of furan rings is 2. The van der Waals surface area contributed by atoms with Crippen LogP contribution in [0.25, 0.3) is 110 Å². The molecule has 9 aromatic carbocycles. The number of hydrogen-bond acceptors (Lipinski definition) is 2. The second-order valence-electron chi connectivity index (χ2n) is 13.5. The molecule has 52 heavy (non-hydrogen) atoms. The highest BCUT2D eigenvalue weighted by molar-refractivity contribution is 6.27. The molecule has 0 radical (unpaired) electrons. The normalized spacial score (nSPS) is 11.8. The Balaban J connectivity index is 1.37. The summed E-state index contributed by atoms with van der Waals surface area (Å²) in [7, 11) is 0. The Bertz CT molecular complexity index is 3160. The van der Waals surface area contributed by atoms with Crippen LogP contribution < -0.4 is 0 Å². The van der Waals surface area contributed by atoms with Crippen LogP contribution in [0.15, 0.2) is 191 Å². The third kappa shape index (κ3) is 4.25. The van der Waals surface area contributed by atoms with Gasteiger partial charge in [-0.1, -0.05) is 158 Å². The fraction of sp³-hybridized carbons (Fsp3) is 0. The summed E-state index contributed by atoms with van der Waals surface area (Å²) < 4.78 is 14.0. The van der Waals surface area contributed by atoms with E-state index in [2.05, 4.69) is 182 Å². The van der Waals surface area contributed by atoms with Crippen molar-refractivity contribution in [2.45, 2.75) is 0 Å². The SMILES string of the molecule is c1ccc(-c2c(-c3c4ccccc4c(-c4oc5ccccc5c4-c4ccccc4)c4cc5c(ccc6ccccc65)cc34)oc3ccccc23)cc1. The highest BCUT2D eigenvalue weighted by Gasteiger charge is 2.27. The van der Waals surface area contributed by atoms with Gasteiger partial charge in [-0.15, -0.1) is 0 Å². The highest BCUT2D eigenvalue weighted by atomic mass is 16.3. The van der Waals surface area contributed by atoms with E-state index in [1.807, 2.05) is 0 Å². The molecule has 0 aliphatic heterocycles. The molecular weight excluding hydrogens is 633 g/mol. The topological polar surface area (TPSA) is 26.3 Å². The van der Waals surface area contributed by atoms with E-state index in [0.717, 1.165) is 88.4 Å². The molecule has 11 aromatic rings. The largest absolute Gasteiger partial charge is 0.455 e. The maximum absolute atomic E-state index is 7.02. The van der Waals surface area contributed by atoms with Crippen molar-refractivity contribution < 1.29 is 8.83 Å². The molecular formula is C50H30O2. The first-order chi connectivity index (χ1) is 25.8. The number of para-hydroxylation sites is 2. The molecule has 0 saturated carbocycles. The van der Waals surface area contributed by atoms with Gasteiger partial charge in [0.05, 0.1) is 0 Å². The highest BCUT2D eigenvalue weighted by Crippen LogP contribution is 2.52. The molecule has 2 heterocycles. The van der Waals surface area contributed by atoms with Crippen LogP contribution in [0.2, 0.25) is 0 Å². The van der Waals surface area contributed by atoms with Gasteiger partial charge in [0, 0.05) is 33.0 Å². The third-order valence-corrected chi connectivity index (χ3v) is 10.7. The number of rotatable bonds is 4. The summed E-state index contributed by atoms with van der Waals surface area (Å²) in [6, 6.07) is 64.7. The molecule has 11 rings (SSSR count). The molecule has 0 unspecified atom stereocenters. The average Bonchev–Trinajstić information content (AvgIpc) is 3.79. The molecule has 0 spiro atoms. The summed E-state index contributed by atoms with van der Waals surface area (Å²) in [5.41, 5.74) is 8.34. The standard InChI is InChI=1S/C50H30O2/c1-3-16-32(17-4-1)45-38-23-11-13-25-43(38)51-49(45)47-36-21-9-10-22-37(36)48(42-30-40-34(29-41(42)47)28-27-31-15-7-8-20-35(31)40)50-46(33-18-5-2-6-19-33)39-24-12-14-26-44(39)52-50/h1-30H.